The number of benzene rings is 2. The summed E-state index contributed by atoms with van der Waals surface area (Å²) in [6.07, 6.45) is 4.07. The monoisotopic (exact) mass is 520 g/mol. The number of carbonyl (C=O) groups excluding carboxylic acids is 1. The van der Waals surface area contributed by atoms with E-state index in [1.54, 1.807) is 0 Å². The highest BCUT2D eigenvalue weighted by atomic mass is 16.6. The van der Waals surface area contributed by atoms with Crippen LogP contribution in [0.25, 0.3) is 11.5 Å². The van der Waals surface area contributed by atoms with Crippen molar-refractivity contribution in [2.24, 2.45) is 5.92 Å². The molecule has 2 aromatic carbocycles. The fourth-order valence-corrected chi connectivity index (χ4v) is 4.86. The third-order valence-electron chi connectivity index (χ3n) is 6.94. The Morgan fingerprint density at radius 3 is 2.66 bits per heavy atom. The van der Waals surface area contributed by atoms with Crippen molar-refractivity contribution in [3.63, 3.8) is 0 Å². The Balaban J connectivity index is 1.27. The van der Waals surface area contributed by atoms with Crippen molar-refractivity contribution < 1.29 is 28.6 Å². The summed E-state index contributed by atoms with van der Waals surface area (Å²) in [5.74, 6) is 0.643. The van der Waals surface area contributed by atoms with Gasteiger partial charge in [-0.05, 0) is 56.7 Å². The molecule has 8 heteroatoms. The van der Waals surface area contributed by atoms with Gasteiger partial charge in [0.2, 0.25) is 5.89 Å². The molecule has 0 saturated heterocycles. The average Bonchev–Trinajstić information content (AvgIpc) is 3.29. The first kappa shape index (κ1) is 27.4. The highest BCUT2D eigenvalue weighted by molar-refractivity contribution is 5.76. The summed E-state index contributed by atoms with van der Waals surface area (Å²) in [5.41, 5.74) is 3.76. The van der Waals surface area contributed by atoms with Crippen molar-refractivity contribution in [1.82, 2.24) is 9.88 Å². The zero-order valence-electron chi connectivity index (χ0n) is 22.1. The number of aliphatic carboxylic acids is 1. The SMILES string of the molecule is Cc1cccc(-c2nc(COC3CCCC(CCN(CC(=O)O)C(=O)OCc4ccccc4)C3)c(C)o2)c1. The lowest BCUT2D eigenvalue weighted by atomic mass is 9.85. The average molecular weight is 521 g/mol. The van der Waals surface area contributed by atoms with Gasteiger partial charge in [0.1, 0.15) is 24.6 Å². The van der Waals surface area contributed by atoms with Crippen molar-refractivity contribution in [1.29, 1.82) is 0 Å². The Bertz CT molecular complexity index is 1210. The lowest BCUT2D eigenvalue weighted by Gasteiger charge is -2.30. The molecule has 0 radical (unpaired) electrons. The Morgan fingerprint density at radius 1 is 1.08 bits per heavy atom. The molecule has 1 N–H and O–H groups in total. The van der Waals surface area contributed by atoms with E-state index in [2.05, 4.69) is 4.98 Å². The molecule has 1 aliphatic carbocycles. The second kappa shape index (κ2) is 13.2. The van der Waals surface area contributed by atoms with Gasteiger partial charge < -0.3 is 19.0 Å². The third-order valence-corrected chi connectivity index (χ3v) is 6.94. The Morgan fingerprint density at radius 2 is 1.89 bits per heavy atom. The second-order valence-corrected chi connectivity index (χ2v) is 10.0. The number of carboxylic acids is 1. The topological polar surface area (TPSA) is 102 Å². The van der Waals surface area contributed by atoms with Gasteiger partial charge in [-0.1, -0.05) is 60.9 Å². The zero-order valence-corrected chi connectivity index (χ0v) is 22.1. The molecule has 3 aromatic rings. The summed E-state index contributed by atoms with van der Waals surface area (Å²) in [6, 6.07) is 17.4. The number of aryl methyl sites for hydroxylation is 2. The molecule has 0 spiro atoms. The normalized spacial score (nSPS) is 17.2. The van der Waals surface area contributed by atoms with Crippen LogP contribution in [0.2, 0.25) is 0 Å². The summed E-state index contributed by atoms with van der Waals surface area (Å²) in [7, 11) is 0. The van der Waals surface area contributed by atoms with Crippen LogP contribution in [-0.2, 0) is 27.5 Å². The van der Waals surface area contributed by atoms with E-state index in [0.29, 0.717) is 31.4 Å². The predicted molar refractivity (Wildman–Crippen MR) is 142 cm³/mol. The summed E-state index contributed by atoms with van der Waals surface area (Å²) in [4.78, 5) is 29.9. The van der Waals surface area contributed by atoms with E-state index in [9.17, 15) is 14.7 Å². The van der Waals surface area contributed by atoms with Crippen LogP contribution in [0.3, 0.4) is 0 Å². The van der Waals surface area contributed by atoms with Crippen LogP contribution in [0.4, 0.5) is 4.79 Å². The maximum atomic E-state index is 12.6. The van der Waals surface area contributed by atoms with Gasteiger partial charge in [0.25, 0.3) is 0 Å². The predicted octanol–water partition coefficient (Wildman–Crippen LogP) is 6.15. The Labute approximate surface area is 223 Å². The molecule has 2 atom stereocenters. The van der Waals surface area contributed by atoms with Crippen LogP contribution < -0.4 is 0 Å². The Hall–Kier alpha value is -3.65. The van der Waals surface area contributed by atoms with Gasteiger partial charge in [0.05, 0.1) is 12.7 Å². The minimum Gasteiger partial charge on any atom is -0.480 e. The molecule has 1 fully saturated rings. The number of carboxylic acid groups (broad SMARTS) is 1. The van der Waals surface area contributed by atoms with Gasteiger partial charge in [0.15, 0.2) is 0 Å². The highest BCUT2D eigenvalue weighted by Crippen LogP contribution is 2.30. The van der Waals surface area contributed by atoms with Crippen LogP contribution in [0.15, 0.2) is 59.0 Å². The molecule has 38 heavy (non-hydrogen) atoms. The molecule has 1 heterocycles. The molecule has 4 rings (SSSR count). The third kappa shape index (κ3) is 7.92. The fraction of sp³-hybridized carbons (Fsp3) is 0.433. The van der Waals surface area contributed by atoms with E-state index >= 15 is 0 Å². The molecule has 0 bridgehead atoms. The fourth-order valence-electron chi connectivity index (χ4n) is 4.86. The largest absolute Gasteiger partial charge is 0.480 e. The number of aromatic nitrogens is 1. The molecular formula is C30H36N2O6. The Kier molecular flexibility index (Phi) is 9.54. The van der Waals surface area contributed by atoms with Crippen molar-refractivity contribution in [2.75, 3.05) is 13.1 Å². The van der Waals surface area contributed by atoms with Crippen molar-refractivity contribution in [3.8, 4) is 11.5 Å². The molecule has 1 aromatic heterocycles. The number of hydrogen-bond donors (Lipinski definition) is 1. The first-order chi connectivity index (χ1) is 18.4. The first-order valence-electron chi connectivity index (χ1n) is 13.2. The molecule has 202 valence electrons. The number of rotatable bonds is 11. The summed E-state index contributed by atoms with van der Waals surface area (Å²) in [6.45, 7) is 4.40. The van der Waals surface area contributed by atoms with Crippen molar-refractivity contribution in [3.05, 3.63) is 77.2 Å². The molecule has 1 saturated carbocycles. The minimum atomic E-state index is -1.06. The van der Waals surface area contributed by atoms with Gasteiger partial charge in [-0.3, -0.25) is 9.69 Å². The number of oxazole rings is 1. The van der Waals surface area contributed by atoms with E-state index in [4.69, 9.17) is 13.9 Å². The molecule has 0 aliphatic heterocycles. The van der Waals surface area contributed by atoms with Gasteiger partial charge in [-0.15, -0.1) is 0 Å². The van der Waals surface area contributed by atoms with Gasteiger partial charge in [0, 0.05) is 12.1 Å². The highest BCUT2D eigenvalue weighted by Gasteiger charge is 2.26. The number of hydrogen-bond acceptors (Lipinski definition) is 6. The number of carbonyl (C=O) groups is 2. The minimum absolute atomic E-state index is 0.0882. The summed E-state index contributed by atoms with van der Waals surface area (Å²) < 4.78 is 17.5. The van der Waals surface area contributed by atoms with E-state index in [1.165, 1.54) is 4.90 Å². The molecule has 8 nitrogen and oxygen atoms in total. The van der Waals surface area contributed by atoms with Gasteiger partial charge >= 0.3 is 12.1 Å². The van der Waals surface area contributed by atoms with Crippen LogP contribution in [0, 0.1) is 19.8 Å². The quantitative estimate of drug-likeness (QED) is 0.324. The van der Waals surface area contributed by atoms with Gasteiger partial charge in [-0.2, -0.15) is 0 Å². The molecular weight excluding hydrogens is 484 g/mol. The van der Waals surface area contributed by atoms with E-state index in [0.717, 1.165) is 53.8 Å². The second-order valence-electron chi connectivity index (χ2n) is 10.0. The van der Waals surface area contributed by atoms with E-state index in [1.807, 2.05) is 68.4 Å². The maximum Gasteiger partial charge on any atom is 0.410 e. The van der Waals surface area contributed by atoms with Crippen molar-refractivity contribution >= 4 is 12.1 Å². The van der Waals surface area contributed by atoms with E-state index in [-0.39, 0.29) is 19.3 Å². The standard InChI is InChI=1S/C30H36N2O6/c1-21-8-6-12-25(16-21)29-31-27(22(2)38-29)20-36-26-13-7-11-23(17-26)14-15-32(18-28(33)34)30(35)37-19-24-9-4-3-5-10-24/h3-6,8-10,12,16,23,26H,7,11,13-15,17-20H2,1-2H3,(H,33,34). The van der Waals surface area contributed by atoms with Gasteiger partial charge in [-0.25, -0.2) is 9.78 Å². The summed E-state index contributed by atoms with van der Waals surface area (Å²) >= 11 is 0. The van der Waals surface area contributed by atoms with Crippen LogP contribution in [0.5, 0.6) is 0 Å². The van der Waals surface area contributed by atoms with Crippen LogP contribution in [-0.4, -0.2) is 46.2 Å². The van der Waals surface area contributed by atoms with Crippen molar-refractivity contribution in [2.45, 2.75) is 65.3 Å². The lowest BCUT2D eigenvalue weighted by molar-refractivity contribution is -0.138. The first-order valence-corrected chi connectivity index (χ1v) is 13.2. The number of amides is 1. The lowest BCUT2D eigenvalue weighted by Crippen LogP contribution is -2.38. The smallest absolute Gasteiger partial charge is 0.410 e. The van der Waals surface area contributed by atoms with Crippen LogP contribution in [0.1, 0.15) is 54.7 Å². The summed E-state index contributed by atoms with van der Waals surface area (Å²) in [5, 5.41) is 9.30. The number of nitrogens with zero attached hydrogens (tertiary/aromatic N) is 2. The molecule has 1 amide bonds. The maximum absolute atomic E-state index is 12.6. The van der Waals surface area contributed by atoms with E-state index < -0.39 is 12.1 Å². The molecule has 1 aliphatic rings. The van der Waals surface area contributed by atoms with Crippen LogP contribution >= 0.6 is 0 Å². The molecule has 2 unspecified atom stereocenters. The zero-order chi connectivity index (χ0) is 26.9. The number of ether oxygens (including phenoxy) is 2.